The summed E-state index contributed by atoms with van der Waals surface area (Å²) in [6.07, 6.45) is -0.813. The first-order valence-corrected chi connectivity index (χ1v) is 8.00. The molecule has 0 spiro atoms. The van der Waals surface area contributed by atoms with Gasteiger partial charge < -0.3 is 5.32 Å². The van der Waals surface area contributed by atoms with Crippen LogP contribution >= 0.6 is 0 Å². The number of aromatic nitrogens is 1. The molecule has 5 nitrogen and oxygen atoms in total. The Morgan fingerprint density at radius 2 is 1.88 bits per heavy atom. The van der Waals surface area contributed by atoms with Gasteiger partial charge in [-0.2, -0.15) is 13.2 Å². The van der Waals surface area contributed by atoms with Crippen LogP contribution in [0.25, 0.3) is 0 Å². The van der Waals surface area contributed by atoms with E-state index in [4.69, 9.17) is 0 Å². The van der Waals surface area contributed by atoms with Crippen molar-refractivity contribution in [2.45, 2.75) is 32.1 Å². The number of alkyl halides is 3. The number of nitrogens with zero attached hydrogens (tertiary/aromatic N) is 3. The molecule has 1 N–H and O–H groups in total. The van der Waals surface area contributed by atoms with Crippen LogP contribution in [0, 0.1) is 0 Å². The molecule has 2 heterocycles. The Labute approximate surface area is 139 Å². The molecule has 1 amide bonds. The van der Waals surface area contributed by atoms with Gasteiger partial charge in [0.1, 0.15) is 6.54 Å². The minimum Gasteiger partial charge on any atom is -0.346 e. The van der Waals surface area contributed by atoms with E-state index >= 15 is 0 Å². The third kappa shape index (κ3) is 5.17. The first kappa shape index (κ1) is 18.7. The summed E-state index contributed by atoms with van der Waals surface area (Å²) < 4.78 is 36.5. The third-order valence-corrected chi connectivity index (χ3v) is 4.45. The van der Waals surface area contributed by atoms with Crippen molar-refractivity contribution in [3.63, 3.8) is 0 Å². The summed E-state index contributed by atoms with van der Waals surface area (Å²) in [7, 11) is 0. The van der Waals surface area contributed by atoms with E-state index < -0.39 is 24.7 Å². The number of hydrogen-bond donors (Lipinski definition) is 1. The van der Waals surface area contributed by atoms with Crippen molar-refractivity contribution in [2.75, 3.05) is 32.7 Å². The van der Waals surface area contributed by atoms with Gasteiger partial charge in [0, 0.05) is 44.6 Å². The van der Waals surface area contributed by atoms with E-state index in [1.165, 1.54) is 0 Å². The molecule has 24 heavy (non-hydrogen) atoms. The van der Waals surface area contributed by atoms with Crippen LogP contribution in [0.3, 0.4) is 0 Å². The summed E-state index contributed by atoms with van der Waals surface area (Å²) in [5.74, 6) is -0.582. The highest BCUT2D eigenvalue weighted by molar-refractivity contribution is 5.81. The Bertz CT molecular complexity index is 530. The second-order valence-corrected chi connectivity index (χ2v) is 6.04. The highest BCUT2D eigenvalue weighted by Gasteiger charge is 2.31. The van der Waals surface area contributed by atoms with Crippen LogP contribution in [0.2, 0.25) is 0 Å². The molecule has 1 aliphatic rings. The molecule has 0 radical (unpaired) electrons. The van der Waals surface area contributed by atoms with Crippen molar-refractivity contribution in [1.29, 1.82) is 0 Å². The molecule has 1 aliphatic heterocycles. The van der Waals surface area contributed by atoms with Crippen LogP contribution in [0.5, 0.6) is 0 Å². The summed E-state index contributed by atoms with van der Waals surface area (Å²) in [6.45, 7) is 5.27. The molecule has 0 unspecified atom stereocenters. The first-order valence-electron chi connectivity index (χ1n) is 8.00. The first-order chi connectivity index (χ1) is 11.3. The van der Waals surface area contributed by atoms with E-state index in [9.17, 15) is 18.0 Å². The van der Waals surface area contributed by atoms with Crippen molar-refractivity contribution in [3.8, 4) is 0 Å². The second kappa shape index (κ2) is 7.94. The molecule has 0 bridgehead atoms. The van der Waals surface area contributed by atoms with Crippen LogP contribution in [0.4, 0.5) is 13.2 Å². The minimum absolute atomic E-state index is 0.218. The van der Waals surface area contributed by atoms with Crippen LogP contribution < -0.4 is 5.32 Å². The number of halogens is 3. The summed E-state index contributed by atoms with van der Waals surface area (Å²) >= 11 is 0. The van der Waals surface area contributed by atoms with Gasteiger partial charge in [-0.25, -0.2) is 0 Å². The average Bonchev–Trinajstić information content (AvgIpc) is 2.58. The van der Waals surface area contributed by atoms with Crippen molar-refractivity contribution in [1.82, 2.24) is 20.1 Å². The lowest BCUT2D eigenvalue weighted by Crippen LogP contribution is -2.54. The van der Waals surface area contributed by atoms with Crippen molar-refractivity contribution in [3.05, 3.63) is 30.1 Å². The minimum atomic E-state index is -4.38. The lowest BCUT2D eigenvalue weighted by molar-refractivity contribution is -0.141. The summed E-state index contributed by atoms with van der Waals surface area (Å²) in [6, 6.07) is 3.57. The smallest absolute Gasteiger partial charge is 0.346 e. The number of piperazine rings is 1. The van der Waals surface area contributed by atoms with Crippen LogP contribution in [-0.4, -0.2) is 65.6 Å². The highest BCUT2D eigenvalue weighted by atomic mass is 19.4. The van der Waals surface area contributed by atoms with Gasteiger partial charge in [-0.3, -0.25) is 19.6 Å². The van der Waals surface area contributed by atoms with E-state index in [1.807, 2.05) is 28.5 Å². The predicted octanol–water partition coefficient (Wildman–Crippen LogP) is 1.83. The highest BCUT2D eigenvalue weighted by Crippen LogP contribution is 2.21. The number of hydrogen-bond acceptors (Lipinski definition) is 4. The van der Waals surface area contributed by atoms with Crippen LogP contribution in [-0.2, 0) is 4.79 Å². The molecule has 1 saturated heterocycles. The lowest BCUT2D eigenvalue weighted by atomic mass is 10.1. The standard InChI is InChI=1S/C16H23F3N4O/c1-12(14-4-3-5-20-10-14)22-6-8-23(9-7-22)13(2)15(24)21-11-16(17,18)19/h3-5,10,12-13H,6-9,11H2,1-2H3,(H,21,24)/t12-,13+/m1/s1. The monoisotopic (exact) mass is 344 g/mol. The molecule has 2 atom stereocenters. The van der Waals surface area contributed by atoms with Gasteiger partial charge in [0.2, 0.25) is 5.91 Å². The van der Waals surface area contributed by atoms with Gasteiger partial charge in [-0.15, -0.1) is 0 Å². The maximum atomic E-state index is 12.2. The SMILES string of the molecule is C[C@H](c1cccnc1)N1CCN([C@@H](C)C(=O)NCC(F)(F)F)CC1. The Kier molecular flexibility index (Phi) is 6.17. The maximum Gasteiger partial charge on any atom is 0.405 e. The Morgan fingerprint density at radius 3 is 2.42 bits per heavy atom. The molecule has 0 saturated carbocycles. The normalized spacial score (nSPS) is 19.7. The molecule has 0 aromatic carbocycles. The molecular weight excluding hydrogens is 321 g/mol. The van der Waals surface area contributed by atoms with Crippen molar-refractivity contribution >= 4 is 5.91 Å². The number of nitrogens with one attached hydrogen (secondary N) is 1. The summed E-state index contributed by atoms with van der Waals surface area (Å²) in [5.41, 5.74) is 1.13. The summed E-state index contributed by atoms with van der Waals surface area (Å²) in [5, 5.41) is 1.95. The molecule has 1 aromatic heterocycles. The Hall–Kier alpha value is -1.67. The van der Waals surface area contributed by atoms with E-state index in [1.54, 1.807) is 13.1 Å². The zero-order valence-electron chi connectivity index (χ0n) is 13.9. The van der Waals surface area contributed by atoms with Gasteiger partial charge in [0.05, 0.1) is 6.04 Å². The number of rotatable bonds is 5. The molecule has 1 aromatic rings. The number of amides is 1. The molecule has 1 fully saturated rings. The molecule has 2 rings (SSSR count). The quantitative estimate of drug-likeness (QED) is 0.885. The largest absolute Gasteiger partial charge is 0.405 e. The van der Waals surface area contributed by atoms with E-state index in [0.717, 1.165) is 18.7 Å². The molecular formula is C16H23F3N4O. The molecule has 8 heteroatoms. The van der Waals surface area contributed by atoms with Crippen molar-refractivity contribution < 1.29 is 18.0 Å². The van der Waals surface area contributed by atoms with Gasteiger partial charge in [0.25, 0.3) is 0 Å². The maximum absolute atomic E-state index is 12.2. The fourth-order valence-electron chi connectivity index (χ4n) is 2.85. The Morgan fingerprint density at radius 1 is 1.25 bits per heavy atom. The predicted molar refractivity (Wildman–Crippen MR) is 84.3 cm³/mol. The van der Waals surface area contributed by atoms with Crippen molar-refractivity contribution in [2.24, 2.45) is 0 Å². The van der Waals surface area contributed by atoms with Gasteiger partial charge >= 0.3 is 6.18 Å². The number of carbonyl (C=O) groups is 1. The lowest BCUT2D eigenvalue weighted by Gasteiger charge is -2.40. The van der Waals surface area contributed by atoms with Gasteiger partial charge in [-0.05, 0) is 25.5 Å². The second-order valence-electron chi connectivity index (χ2n) is 6.04. The fourth-order valence-corrected chi connectivity index (χ4v) is 2.85. The van der Waals surface area contributed by atoms with E-state index in [-0.39, 0.29) is 6.04 Å². The Balaban J connectivity index is 1.82. The van der Waals surface area contributed by atoms with E-state index in [0.29, 0.717) is 13.1 Å². The number of pyridine rings is 1. The topological polar surface area (TPSA) is 48.5 Å². The summed E-state index contributed by atoms with van der Waals surface area (Å²) in [4.78, 5) is 20.2. The van der Waals surface area contributed by atoms with E-state index in [2.05, 4.69) is 16.8 Å². The van der Waals surface area contributed by atoms with Gasteiger partial charge in [0.15, 0.2) is 0 Å². The molecule has 134 valence electrons. The fraction of sp³-hybridized carbons (Fsp3) is 0.625. The third-order valence-electron chi connectivity index (χ3n) is 4.45. The average molecular weight is 344 g/mol. The molecule has 0 aliphatic carbocycles. The van der Waals surface area contributed by atoms with Crippen LogP contribution in [0.15, 0.2) is 24.5 Å². The van der Waals surface area contributed by atoms with Crippen LogP contribution in [0.1, 0.15) is 25.5 Å². The zero-order valence-corrected chi connectivity index (χ0v) is 13.9. The number of carbonyl (C=O) groups excluding carboxylic acids is 1. The zero-order chi connectivity index (χ0) is 17.7. The van der Waals surface area contributed by atoms with Gasteiger partial charge in [-0.1, -0.05) is 6.07 Å².